The number of carbonyl (C=O) groups is 1. The monoisotopic (exact) mass is 253 g/mol. The van der Waals surface area contributed by atoms with Crippen LogP contribution in [-0.2, 0) is 4.79 Å². The normalized spacial score (nSPS) is 23.5. The van der Waals surface area contributed by atoms with Crippen molar-refractivity contribution < 1.29 is 4.79 Å². The molecule has 1 amide bonds. The second-order valence-electron chi connectivity index (χ2n) is 4.42. The van der Waals surface area contributed by atoms with Gasteiger partial charge in [-0.1, -0.05) is 0 Å². The van der Waals surface area contributed by atoms with E-state index in [1.54, 1.807) is 11.3 Å². The Balaban J connectivity index is 2.24. The molecule has 17 heavy (non-hydrogen) atoms. The molecule has 3 N–H and O–H groups in total. The van der Waals surface area contributed by atoms with Gasteiger partial charge in [0.05, 0.1) is 12.1 Å². The van der Waals surface area contributed by atoms with Crippen molar-refractivity contribution in [3.05, 3.63) is 21.9 Å². The molecule has 0 aromatic carbocycles. The van der Waals surface area contributed by atoms with E-state index < -0.39 is 0 Å². The molecule has 1 fully saturated rings. The number of hydrogen-bond donors (Lipinski definition) is 2. The Bertz CT molecular complexity index is 404. The van der Waals surface area contributed by atoms with Crippen LogP contribution in [0.5, 0.6) is 0 Å². The average molecular weight is 253 g/mol. The quantitative estimate of drug-likeness (QED) is 0.840. The number of thiophene rings is 1. The minimum atomic E-state index is -0.0983. The number of rotatable bonds is 3. The number of piperazine rings is 1. The SMILES string of the molecule is Cc1ccsc1C(CN)N1CCNC(=O)C1C. The molecule has 2 atom stereocenters. The van der Waals surface area contributed by atoms with Crippen molar-refractivity contribution in [2.75, 3.05) is 19.6 Å². The molecule has 4 nitrogen and oxygen atoms in total. The van der Waals surface area contributed by atoms with Crippen molar-refractivity contribution >= 4 is 17.2 Å². The van der Waals surface area contributed by atoms with Gasteiger partial charge in [0.15, 0.2) is 0 Å². The van der Waals surface area contributed by atoms with Crippen molar-refractivity contribution in [2.45, 2.75) is 25.9 Å². The summed E-state index contributed by atoms with van der Waals surface area (Å²) in [4.78, 5) is 15.2. The number of nitrogens with zero attached hydrogens (tertiary/aromatic N) is 1. The fourth-order valence-electron chi connectivity index (χ4n) is 2.34. The Kier molecular flexibility index (Phi) is 3.81. The van der Waals surface area contributed by atoms with Crippen LogP contribution in [0, 0.1) is 6.92 Å². The van der Waals surface area contributed by atoms with Crippen molar-refractivity contribution in [2.24, 2.45) is 5.73 Å². The maximum Gasteiger partial charge on any atom is 0.237 e. The Morgan fingerprint density at radius 2 is 2.47 bits per heavy atom. The maximum absolute atomic E-state index is 11.7. The fraction of sp³-hybridized carbons (Fsp3) is 0.583. The van der Waals surface area contributed by atoms with Gasteiger partial charge in [0.1, 0.15) is 0 Å². The van der Waals surface area contributed by atoms with E-state index in [2.05, 4.69) is 28.6 Å². The van der Waals surface area contributed by atoms with Gasteiger partial charge in [-0.15, -0.1) is 11.3 Å². The highest BCUT2D eigenvalue weighted by atomic mass is 32.1. The summed E-state index contributed by atoms with van der Waals surface area (Å²) in [6.45, 7) is 6.18. The van der Waals surface area contributed by atoms with Crippen LogP contribution in [-0.4, -0.2) is 36.5 Å². The zero-order chi connectivity index (χ0) is 12.4. The first-order chi connectivity index (χ1) is 8.15. The lowest BCUT2D eigenvalue weighted by Crippen LogP contribution is -2.55. The molecule has 2 heterocycles. The van der Waals surface area contributed by atoms with E-state index in [9.17, 15) is 4.79 Å². The van der Waals surface area contributed by atoms with E-state index >= 15 is 0 Å². The number of nitrogens with one attached hydrogen (secondary N) is 1. The van der Waals surface area contributed by atoms with Crippen LogP contribution in [0.25, 0.3) is 0 Å². The lowest BCUT2D eigenvalue weighted by molar-refractivity contribution is -0.129. The van der Waals surface area contributed by atoms with Gasteiger partial charge in [-0.05, 0) is 30.9 Å². The summed E-state index contributed by atoms with van der Waals surface area (Å²) in [7, 11) is 0. The summed E-state index contributed by atoms with van der Waals surface area (Å²) >= 11 is 1.73. The summed E-state index contributed by atoms with van der Waals surface area (Å²) in [5.41, 5.74) is 7.17. The topological polar surface area (TPSA) is 58.4 Å². The van der Waals surface area contributed by atoms with Gasteiger partial charge in [0, 0.05) is 24.5 Å². The highest BCUT2D eigenvalue weighted by Gasteiger charge is 2.32. The van der Waals surface area contributed by atoms with Crippen LogP contribution in [0.15, 0.2) is 11.4 Å². The zero-order valence-corrected chi connectivity index (χ0v) is 11.1. The highest BCUT2D eigenvalue weighted by Crippen LogP contribution is 2.29. The molecule has 0 spiro atoms. The van der Waals surface area contributed by atoms with Gasteiger partial charge in [0.25, 0.3) is 0 Å². The van der Waals surface area contributed by atoms with E-state index in [0.717, 1.165) is 6.54 Å². The van der Waals surface area contributed by atoms with Crippen LogP contribution in [0.1, 0.15) is 23.4 Å². The third kappa shape index (κ3) is 2.36. The van der Waals surface area contributed by atoms with Crippen molar-refractivity contribution in [1.29, 1.82) is 0 Å². The predicted octanol–water partition coefficient (Wildman–Crippen LogP) is 0.877. The maximum atomic E-state index is 11.7. The Morgan fingerprint density at radius 1 is 1.71 bits per heavy atom. The summed E-state index contributed by atoms with van der Waals surface area (Å²) in [5, 5.41) is 4.97. The van der Waals surface area contributed by atoms with Gasteiger partial charge in [-0.2, -0.15) is 0 Å². The van der Waals surface area contributed by atoms with Gasteiger partial charge in [-0.25, -0.2) is 0 Å². The molecule has 1 saturated heterocycles. The van der Waals surface area contributed by atoms with Crippen molar-refractivity contribution in [1.82, 2.24) is 10.2 Å². The summed E-state index contributed by atoms with van der Waals surface area (Å²) in [6, 6.07) is 2.17. The first kappa shape index (κ1) is 12.5. The van der Waals surface area contributed by atoms with Gasteiger partial charge < -0.3 is 11.1 Å². The largest absolute Gasteiger partial charge is 0.353 e. The molecule has 0 aliphatic carbocycles. The minimum Gasteiger partial charge on any atom is -0.353 e. The molecule has 1 aromatic rings. The third-order valence-electron chi connectivity index (χ3n) is 3.37. The first-order valence-electron chi connectivity index (χ1n) is 5.92. The number of carbonyl (C=O) groups excluding carboxylic acids is 1. The second-order valence-corrected chi connectivity index (χ2v) is 5.37. The highest BCUT2D eigenvalue weighted by molar-refractivity contribution is 7.10. The number of amides is 1. The number of aryl methyl sites for hydroxylation is 1. The van der Waals surface area contributed by atoms with Gasteiger partial charge in [0.2, 0.25) is 5.91 Å². The molecule has 1 aliphatic rings. The molecule has 2 rings (SSSR count). The van der Waals surface area contributed by atoms with E-state index in [-0.39, 0.29) is 18.0 Å². The molecule has 2 unspecified atom stereocenters. The van der Waals surface area contributed by atoms with E-state index in [0.29, 0.717) is 13.1 Å². The van der Waals surface area contributed by atoms with E-state index in [1.165, 1.54) is 10.4 Å². The predicted molar refractivity (Wildman–Crippen MR) is 70.0 cm³/mol. The van der Waals surface area contributed by atoms with Crippen LogP contribution >= 0.6 is 11.3 Å². The molecular formula is C12H19N3OS. The Labute approximate surface area is 106 Å². The molecule has 5 heteroatoms. The second kappa shape index (κ2) is 5.16. The molecule has 1 aliphatic heterocycles. The molecular weight excluding hydrogens is 234 g/mol. The lowest BCUT2D eigenvalue weighted by Gasteiger charge is -2.38. The minimum absolute atomic E-state index is 0.0983. The van der Waals surface area contributed by atoms with Gasteiger partial charge >= 0.3 is 0 Å². The Hall–Kier alpha value is -0.910. The third-order valence-corrected chi connectivity index (χ3v) is 4.49. The summed E-state index contributed by atoms with van der Waals surface area (Å²) in [6.07, 6.45) is 0. The first-order valence-corrected chi connectivity index (χ1v) is 6.80. The van der Waals surface area contributed by atoms with E-state index in [1.807, 2.05) is 6.92 Å². The van der Waals surface area contributed by atoms with Crippen molar-refractivity contribution in [3.8, 4) is 0 Å². The van der Waals surface area contributed by atoms with Crippen molar-refractivity contribution in [3.63, 3.8) is 0 Å². The average Bonchev–Trinajstić information content (AvgIpc) is 2.72. The molecule has 0 bridgehead atoms. The zero-order valence-electron chi connectivity index (χ0n) is 10.3. The van der Waals surface area contributed by atoms with Crippen LogP contribution in [0.3, 0.4) is 0 Å². The standard InChI is InChI=1S/C12H19N3OS/c1-8-3-6-17-11(8)10(7-13)15-5-4-14-12(16)9(15)2/h3,6,9-10H,4-5,7,13H2,1-2H3,(H,14,16). The molecule has 94 valence electrons. The van der Waals surface area contributed by atoms with Crippen LogP contribution < -0.4 is 11.1 Å². The summed E-state index contributed by atoms with van der Waals surface area (Å²) in [5.74, 6) is 0.101. The Morgan fingerprint density at radius 3 is 3.06 bits per heavy atom. The number of nitrogens with two attached hydrogens (primary N) is 1. The number of hydrogen-bond acceptors (Lipinski definition) is 4. The smallest absolute Gasteiger partial charge is 0.237 e. The fourth-order valence-corrected chi connectivity index (χ4v) is 3.41. The van der Waals surface area contributed by atoms with Crippen LogP contribution in [0.4, 0.5) is 0 Å². The summed E-state index contributed by atoms with van der Waals surface area (Å²) < 4.78 is 0. The molecule has 1 aromatic heterocycles. The molecule has 0 saturated carbocycles. The van der Waals surface area contributed by atoms with Gasteiger partial charge in [-0.3, -0.25) is 9.69 Å². The van der Waals surface area contributed by atoms with Crippen LogP contribution in [0.2, 0.25) is 0 Å². The molecule has 0 radical (unpaired) electrons. The van der Waals surface area contributed by atoms with E-state index in [4.69, 9.17) is 5.73 Å². The lowest BCUT2D eigenvalue weighted by atomic mass is 10.1.